The van der Waals surface area contributed by atoms with Gasteiger partial charge in [0.15, 0.2) is 5.06 Å². The van der Waals surface area contributed by atoms with Crippen LogP contribution >= 0.6 is 22.9 Å². The third kappa shape index (κ3) is 4.14. The van der Waals surface area contributed by atoms with E-state index in [4.69, 9.17) is 16.3 Å². The fraction of sp³-hybridized carbons (Fsp3) is 0.111. The molecule has 1 heterocycles. The Bertz CT molecular complexity index is 862. The molecular formula is C18H11ClF4OS. The van der Waals surface area contributed by atoms with E-state index >= 15 is 0 Å². The van der Waals surface area contributed by atoms with Crippen molar-refractivity contribution < 1.29 is 22.3 Å². The van der Waals surface area contributed by atoms with Crippen LogP contribution in [-0.2, 0) is 0 Å². The molecule has 0 fully saturated rings. The summed E-state index contributed by atoms with van der Waals surface area (Å²) in [6.07, 6.45) is -6.85. The molecule has 1 aromatic heterocycles. The van der Waals surface area contributed by atoms with E-state index in [1.54, 1.807) is 11.4 Å². The van der Waals surface area contributed by atoms with E-state index in [1.165, 1.54) is 42.5 Å². The smallest absolute Gasteiger partial charge is 0.429 e. The van der Waals surface area contributed by atoms with Crippen LogP contribution in [0, 0.1) is 5.82 Å². The zero-order chi connectivity index (χ0) is 18.0. The maximum absolute atomic E-state index is 13.6. The Labute approximate surface area is 150 Å². The predicted molar refractivity (Wildman–Crippen MR) is 90.6 cm³/mol. The van der Waals surface area contributed by atoms with Crippen molar-refractivity contribution in [2.24, 2.45) is 0 Å². The van der Waals surface area contributed by atoms with Crippen molar-refractivity contribution >= 4 is 22.9 Å². The van der Waals surface area contributed by atoms with Gasteiger partial charge in [-0.3, -0.25) is 0 Å². The Balaban J connectivity index is 2.13. The van der Waals surface area contributed by atoms with E-state index < -0.39 is 18.1 Å². The van der Waals surface area contributed by atoms with Gasteiger partial charge in [0.2, 0.25) is 6.10 Å². The lowest BCUT2D eigenvalue weighted by molar-refractivity contribution is -0.197. The number of benzene rings is 2. The summed E-state index contributed by atoms with van der Waals surface area (Å²) in [5.41, 5.74) is 0.336. The summed E-state index contributed by atoms with van der Waals surface area (Å²) in [5.74, 6) is -0.550. The number of halogens is 5. The van der Waals surface area contributed by atoms with E-state index in [1.807, 2.05) is 0 Å². The van der Waals surface area contributed by atoms with Gasteiger partial charge in [-0.05, 0) is 52.9 Å². The molecule has 25 heavy (non-hydrogen) atoms. The third-order valence-electron chi connectivity index (χ3n) is 3.46. The first-order valence-corrected chi connectivity index (χ1v) is 8.42. The highest BCUT2D eigenvalue weighted by molar-refractivity contribution is 7.11. The molecule has 0 N–H and O–H groups in total. The lowest BCUT2D eigenvalue weighted by atomic mass is 9.95. The minimum Gasteiger partial charge on any atom is -0.467 e. The molecule has 7 heteroatoms. The van der Waals surface area contributed by atoms with Crippen LogP contribution in [0.5, 0.6) is 5.06 Å². The van der Waals surface area contributed by atoms with Crippen molar-refractivity contribution in [1.29, 1.82) is 0 Å². The van der Waals surface area contributed by atoms with Gasteiger partial charge in [-0.25, -0.2) is 4.39 Å². The Morgan fingerprint density at radius 3 is 2.44 bits per heavy atom. The van der Waals surface area contributed by atoms with Gasteiger partial charge in [-0.1, -0.05) is 29.8 Å². The van der Waals surface area contributed by atoms with Crippen LogP contribution in [0.4, 0.5) is 17.6 Å². The number of hydrogen-bond donors (Lipinski definition) is 0. The maximum Gasteiger partial charge on any atom is 0.429 e. The molecule has 2 aromatic carbocycles. The molecule has 1 atom stereocenters. The molecule has 0 aliphatic carbocycles. The normalized spacial score (nSPS) is 12.8. The summed E-state index contributed by atoms with van der Waals surface area (Å²) < 4.78 is 59.7. The van der Waals surface area contributed by atoms with Crippen LogP contribution in [0.15, 0.2) is 60.0 Å². The minimum absolute atomic E-state index is 0.129. The molecule has 0 spiro atoms. The number of alkyl halides is 3. The lowest BCUT2D eigenvalue weighted by Gasteiger charge is -2.24. The van der Waals surface area contributed by atoms with Crippen molar-refractivity contribution in [1.82, 2.24) is 0 Å². The molecule has 0 saturated heterocycles. The molecule has 1 nitrogen and oxygen atoms in total. The molecule has 130 valence electrons. The zero-order valence-corrected chi connectivity index (χ0v) is 14.1. The maximum atomic E-state index is 13.6. The summed E-state index contributed by atoms with van der Waals surface area (Å²) in [5, 5.41) is 2.01. The zero-order valence-electron chi connectivity index (χ0n) is 12.6. The highest BCUT2D eigenvalue weighted by Crippen LogP contribution is 2.42. The summed E-state index contributed by atoms with van der Waals surface area (Å²) >= 11 is 7.02. The van der Waals surface area contributed by atoms with Gasteiger partial charge in [-0.15, -0.1) is 11.3 Å². The summed E-state index contributed by atoms with van der Waals surface area (Å²) in [4.78, 5) is 0. The largest absolute Gasteiger partial charge is 0.467 e. The second kappa shape index (κ2) is 7.06. The second-order valence-electron chi connectivity index (χ2n) is 5.21. The lowest BCUT2D eigenvalue weighted by Crippen LogP contribution is -2.26. The van der Waals surface area contributed by atoms with Crippen molar-refractivity contribution in [2.75, 3.05) is 0 Å². The highest BCUT2D eigenvalue weighted by atomic mass is 35.5. The second-order valence-corrected chi connectivity index (χ2v) is 6.56. The average Bonchev–Trinajstić information content (AvgIpc) is 3.05. The fourth-order valence-corrected chi connectivity index (χ4v) is 3.19. The number of hydrogen-bond acceptors (Lipinski definition) is 2. The van der Waals surface area contributed by atoms with E-state index in [9.17, 15) is 17.6 Å². The molecule has 0 amide bonds. The first kappa shape index (κ1) is 17.8. The Hall–Kier alpha value is -2.05. The van der Waals surface area contributed by atoms with Gasteiger partial charge in [0, 0.05) is 10.6 Å². The Morgan fingerprint density at radius 1 is 1.00 bits per heavy atom. The number of rotatable bonds is 4. The summed E-state index contributed by atoms with van der Waals surface area (Å²) in [7, 11) is 0. The number of thiophene rings is 1. The van der Waals surface area contributed by atoms with Gasteiger partial charge >= 0.3 is 6.18 Å². The number of ether oxygens (including phenoxy) is 1. The Morgan fingerprint density at radius 2 is 1.80 bits per heavy atom. The molecular weight excluding hydrogens is 376 g/mol. The summed E-state index contributed by atoms with van der Waals surface area (Å²) in [6.45, 7) is 0. The van der Waals surface area contributed by atoms with Crippen molar-refractivity contribution in [2.45, 2.75) is 12.3 Å². The minimum atomic E-state index is -4.65. The van der Waals surface area contributed by atoms with Crippen LogP contribution in [0.3, 0.4) is 0 Å². The van der Waals surface area contributed by atoms with Crippen LogP contribution in [-0.4, -0.2) is 6.18 Å². The monoisotopic (exact) mass is 386 g/mol. The first-order valence-electron chi connectivity index (χ1n) is 7.17. The van der Waals surface area contributed by atoms with E-state index in [0.717, 1.165) is 17.4 Å². The third-order valence-corrected chi connectivity index (χ3v) is 4.45. The van der Waals surface area contributed by atoms with E-state index in [0.29, 0.717) is 5.56 Å². The molecule has 0 radical (unpaired) electrons. The van der Waals surface area contributed by atoms with Crippen molar-refractivity contribution in [3.63, 3.8) is 0 Å². The van der Waals surface area contributed by atoms with Crippen molar-refractivity contribution in [3.05, 3.63) is 76.4 Å². The van der Waals surface area contributed by atoms with E-state index in [2.05, 4.69) is 0 Å². The predicted octanol–water partition coefficient (Wildman–Crippen LogP) is 6.89. The first-order chi connectivity index (χ1) is 11.8. The molecule has 0 unspecified atom stereocenters. The van der Waals surface area contributed by atoms with Crippen LogP contribution in [0.25, 0.3) is 11.1 Å². The molecule has 0 saturated carbocycles. The van der Waals surface area contributed by atoms with Gasteiger partial charge in [0.25, 0.3) is 0 Å². The standard InChI is InChI=1S/C18H11ClF4OS/c19-12-6-7-14(15(10-12)11-3-1-4-13(20)9-11)17(18(21,22)23)24-16-5-2-8-25-16/h1-10,17H/t17-/m1/s1. The quantitative estimate of drug-likeness (QED) is 0.443. The Kier molecular flexibility index (Phi) is 5.01. The van der Waals surface area contributed by atoms with Crippen LogP contribution < -0.4 is 4.74 Å². The fourth-order valence-electron chi connectivity index (χ4n) is 2.42. The topological polar surface area (TPSA) is 9.23 Å². The highest BCUT2D eigenvalue weighted by Gasteiger charge is 2.44. The molecule has 3 rings (SSSR count). The molecule has 3 aromatic rings. The SMILES string of the molecule is Fc1cccc(-c2cc(Cl)ccc2[C@@H](Oc2cccs2)C(F)(F)F)c1. The molecule has 0 bridgehead atoms. The molecule has 0 aliphatic rings. The van der Waals surface area contributed by atoms with Gasteiger partial charge in [0.1, 0.15) is 5.82 Å². The average molecular weight is 387 g/mol. The van der Waals surface area contributed by atoms with Crippen LogP contribution in [0.2, 0.25) is 5.02 Å². The molecule has 0 aliphatic heterocycles. The van der Waals surface area contributed by atoms with Crippen molar-refractivity contribution in [3.8, 4) is 16.2 Å². The van der Waals surface area contributed by atoms with Gasteiger partial charge in [0.05, 0.1) is 0 Å². The van der Waals surface area contributed by atoms with Gasteiger partial charge in [-0.2, -0.15) is 13.2 Å². The summed E-state index contributed by atoms with van der Waals surface area (Å²) in [6, 6.07) is 12.4. The van der Waals surface area contributed by atoms with Gasteiger partial charge < -0.3 is 4.74 Å². The van der Waals surface area contributed by atoms with E-state index in [-0.39, 0.29) is 21.2 Å². The van der Waals surface area contributed by atoms with Crippen LogP contribution in [0.1, 0.15) is 11.7 Å².